The Balaban J connectivity index is 2.28. The topological polar surface area (TPSA) is 44.8 Å². The first-order valence-corrected chi connectivity index (χ1v) is 2.87. The molecule has 1 aliphatic heterocycles. The molecule has 0 fully saturated rings. The first-order chi connectivity index (χ1) is 4.84. The maximum atomic E-state index is 10.7. The number of carbonyl (C=O) groups is 1. The Morgan fingerprint density at radius 2 is 2.20 bits per heavy atom. The van der Waals surface area contributed by atoms with Gasteiger partial charge in [0.05, 0.1) is 6.61 Å². The molecule has 0 amide bonds. The van der Waals surface area contributed by atoms with Gasteiger partial charge in [-0.3, -0.25) is 0 Å². The Kier molecular flexibility index (Phi) is 2.15. The molecule has 1 heterocycles. The van der Waals surface area contributed by atoms with Crippen LogP contribution in [0.3, 0.4) is 0 Å². The first kappa shape index (κ1) is 6.92. The van der Waals surface area contributed by atoms with Crippen molar-refractivity contribution in [3.63, 3.8) is 0 Å². The molecule has 0 aliphatic carbocycles. The van der Waals surface area contributed by atoms with Crippen molar-refractivity contribution in [1.82, 2.24) is 0 Å². The van der Waals surface area contributed by atoms with Crippen LogP contribution in [0.5, 0.6) is 0 Å². The summed E-state index contributed by atoms with van der Waals surface area (Å²) < 4.78 is 13.8. The fourth-order valence-corrected chi connectivity index (χ4v) is 0.493. The maximum absolute atomic E-state index is 10.7. The summed E-state index contributed by atoms with van der Waals surface area (Å²) in [7, 11) is 0. The van der Waals surface area contributed by atoms with Crippen molar-refractivity contribution in [3.05, 3.63) is 18.8 Å². The van der Waals surface area contributed by atoms with Gasteiger partial charge < -0.3 is 14.2 Å². The van der Waals surface area contributed by atoms with Crippen LogP contribution in [0, 0.1) is 6.29 Å². The molecule has 0 saturated heterocycles. The van der Waals surface area contributed by atoms with E-state index in [4.69, 9.17) is 0 Å². The smallest absolute Gasteiger partial charge is 0.443 e. The lowest BCUT2D eigenvalue weighted by Gasteiger charge is -2.04. The molecular formula is C6H7O4. The minimum Gasteiger partial charge on any atom is -0.460 e. The third-order valence-electron chi connectivity index (χ3n) is 0.848. The van der Waals surface area contributed by atoms with Gasteiger partial charge in [-0.2, -0.15) is 0 Å². The number of esters is 1. The monoisotopic (exact) mass is 143 g/mol. The second kappa shape index (κ2) is 3.10. The molecule has 0 aromatic rings. The molecule has 4 nitrogen and oxygen atoms in total. The number of ether oxygens (including phenoxy) is 3. The molecular weight excluding hydrogens is 136 g/mol. The van der Waals surface area contributed by atoms with Gasteiger partial charge in [0.25, 0.3) is 0 Å². The van der Waals surface area contributed by atoms with E-state index in [1.54, 1.807) is 6.92 Å². The molecule has 0 aromatic heterocycles. The van der Waals surface area contributed by atoms with Gasteiger partial charge in [0.15, 0.2) is 0 Å². The number of rotatable bonds is 2. The number of carbonyl (C=O) groups excluding carboxylic acids is 1. The molecule has 1 aliphatic rings. The average Bonchev–Trinajstić information content (AvgIpc) is 2.38. The highest BCUT2D eigenvalue weighted by Crippen LogP contribution is 2.14. The van der Waals surface area contributed by atoms with Gasteiger partial charge in [-0.1, -0.05) is 0 Å². The lowest BCUT2D eigenvalue weighted by Crippen LogP contribution is -2.15. The Hall–Kier alpha value is -1.19. The van der Waals surface area contributed by atoms with Crippen LogP contribution in [0.25, 0.3) is 0 Å². The van der Waals surface area contributed by atoms with Crippen LogP contribution >= 0.6 is 0 Å². The van der Waals surface area contributed by atoms with Gasteiger partial charge in [-0.15, -0.1) is 0 Å². The molecule has 1 radical (unpaired) electrons. The van der Waals surface area contributed by atoms with Crippen molar-refractivity contribution < 1.29 is 19.0 Å². The molecule has 0 unspecified atom stereocenters. The zero-order valence-electron chi connectivity index (χ0n) is 5.49. The van der Waals surface area contributed by atoms with Crippen LogP contribution in [-0.4, -0.2) is 12.6 Å². The van der Waals surface area contributed by atoms with Crippen molar-refractivity contribution in [2.75, 3.05) is 6.61 Å². The molecule has 0 atom stereocenters. The van der Waals surface area contributed by atoms with E-state index in [0.29, 0.717) is 6.61 Å². The first-order valence-electron chi connectivity index (χ1n) is 2.87. The normalized spacial score (nSPS) is 16.1. The van der Waals surface area contributed by atoms with E-state index >= 15 is 0 Å². The fraction of sp³-hybridized carbons (Fsp3) is 0.333. The maximum Gasteiger partial charge on any atom is 0.443 e. The highest BCUT2D eigenvalue weighted by atomic mass is 16.7. The van der Waals surface area contributed by atoms with Gasteiger partial charge in [0.1, 0.15) is 12.5 Å². The van der Waals surface area contributed by atoms with Crippen molar-refractivity contribution in [2.24, 2.45) is 0 Å². The lowest BCUT2D eigenvalue weighted by molar-refractivity contribution is -0.153. The van der Waals surface area contributed by atoms with E-state index in [9.17, 15) is 4.79 Å². The summed E-state index contributed by atoms with van der Waals surface area (Å²) in [5, 5.41) is 0. The quantitative estimate of drug-likeness (QED) is 0.530. The molecule has 0 bridgehead atoms. The Bertz CT molecular complexity index is 144. The molecule has 10 heavy (non-hydrogen) atoms. The van der Waals surface area contributed by atoms with Crippen LogP contribution in [-0.2, 0) is 19.0 Å². The average molecular weight is 143 g/mol. The van der Waals surface area contributed by atoms with Crippen molar-refractivity contribution in [2.45, 2.75) is 6.92 Å². The Morgan fingerprint density at radius 3 is 2.70 bits per heavy atom. The summed E-state index contributed by atoms with van der Waals surface area (Å²) in [5.41, 5.74) is 0. The second-order valence-electron chi connectivity index (χ2n) is 1.52. The number of hydrogen-bond acceptors (Lipinski definition) is 4. The van der Waals surface area contributed by atoms with E-state index in [0.717, 1.165) is 0 Å². The summed E-state index contributed by atoms with van der Waals surface area (Å²) >= 11 is 0. The van der Waals surface area contributed by atoms with Gasteiger partial charge in [0, 0.05) is 0 Å². The van der Waals surface area contributed by atoms with Crippen LogP contribution in [0.2, 0.25) is 0 Å². The predicted octanol–water partition coefficient (Wildman–Crippen LogP) is 0.557. The standard InChI is InChI=1S/C6H7O4/c1-2-8-5(7)6-9-3-4-10-6/h3-4H,2H2,1H3. The predicted molar refractivity (Wildman–Crippen MR) is 31.2 cm³/mol. The largest absolute Gasteiger partial charge is 0.460 e. The molecule has 0 N–H and O–H groups in total. The van der Waals surface area contributed by atoms with Crippen LogP contribution in [0.15, 0.2) is 12.5 Å². The van der Waals surface area contributed by atoms with Crippen LogP contribution in [0.4, 0.5) is 0 Å². The highest BCUT2D eigenvalue weighted by molar-refractivity contribution is 5.81. The van der Waals surface area contributed by atoms with Gasteiger partial charge in [-0.05, 0) is 6.92 Å². The van der Waals surface area contributed by atoms with E-state index in [1.807, 2.05) is 0 Å². The molecule has 0 aromatic carbocycles. The molecule has 0 saturated carbocycles. The highest BCUT2D eigenvalue weighted by Gasteiger charge is 2.27. The number of hydrogen-bond donors (Lipinski definition) is 0. The van der Waals surface area contributed by atoms with E-state index in [2.05, 4.69) is 14.2 Å². The second-order valence-corrected chi connectivity index (χ2v) is 1.52. The van der Waals surface area contributed by atoms with Gasteiger partial charge >= 0.3 is 12.3 Å². The van der Waals surface area contributed by atoms with Crippen molar-refractivity contribution in [3.8, 4) is 0 Å². The van der Waals surface area contributed by atoms with Gasteiger partial charge in [-0.25, -0.2) is 4.79 Å². The fourth-order valence-electron chi connectivity index (χ4n) is 0.493. The molecule has 1 rings (SSSR count). The third kappa shape index (κ3) is 1.40. The van der Waals surface area contributed by atoms with Crippen LogP contribution in [0.1, 0.15) is 6.92 Å². The van der Waals surface area contributed by atoms with E-state index in [-0.39, 0.29) is 6.29 Å². The van der Waals surface area contributed by atoms with E-state index < -0.39 is 5.97 Å². The molecule has 55 valence electrons. The van der Waals surface area contributed by atoms with E-state index in [1.165, 1.54) is 12.5 Å². The summed E-state index contributed by atoms with van der Waals surface area (Å²) in [6, 6.07) is 0. The Labute approximate surface area is 58.4 Å². The summed E-state index contributed by atoms with van der Waals surface area (Å²) in [6.45, 7) is 2.02. The lowest BCUT2D eigenvalue weighted by atomic mass is 10.6. The third-order valence-corrected chi connectivity index (χ3v) is 0.848. The summed E-state index contributed by atoms with van der Waals surface area (Å²) in [5.74, 6) is -0.576. The summed E-state index contributed by atoms with van der Waals surface area (Å²) in [4.78, 5) is 10.7. The zero-order valence-corrected chi connectivity index (χ0v) is 5.49. The summed E-state index contributed by atoms with van der Waals surface area (Å²) in [6.07, 6.45) is 2.42. The van der Waals surface area contributed by atoms with Gasteiger partial charge in [0.2, 0.25) is 0 Å². The Morgan fingerprint density at radius 1 is 1.60 bits per heavy atom. The minimum atomic E-state index is -0.576. The minimum absolute atomic E-state index is 0.123. The zero-order chi connectivity index (χ0) is 7.40. The SMILES string of the molecule is CCOC(=O)[C]1OC=CO1. The molecule has 4 heteroatoms. The molecule has 0 spiro atoms. The van der Waals surface area contributed by atoms with Crippen molar-refractivity contribution >= 4 is 5.97 Å². The van der Waals surface area contributed by atoms with Crippen molar-refractivity contribution in [1.29, 1.82) is 0 Å². The van der Waals surface area contributed by atoms with Crippen LogP contribution < -0.4 is 0 Å².